The molecular formula is C10H13N3O3. The van der Waals surface area contributed by atoms with Crippen LogP contribution in [0.3, 0.4) is 0 Å². The molecule has 0 saturated heterocycles. The van der Waals surface area contributed by atoms with Crippen LogP contribution in [0.1, 0.15) is 12.8 Å². The van der Waals surface area contributed by atoms with Gasteiger partial charge in [0.15, 0.2) is 11.5 Å². The monoisotopic (exact) mass is 223 g/mol. The summed E-state index contributed by atoms with van der Waals surface area (Å²) in [6.45, 7) is 0. The fraction of sp³-hybridized carbons (Fsp3) is 0.500. The van der Waals surface area contributed by atoms with Gasteiger partial charge in [0.1, 0.15) is 0 Å². The highest BCUT2D eigenvalue weighted by atomic mass is 16.5. The number of rotatable bonds is 1. The van der Waals surface area contributed by atoms with Crippen molar-refractivity contribution in [2.24, 2.45) is 16.6 Å². The van der Waals surface area contributed by atoms with E-state index >= 15 is 0 Å². The third-order valence-corrected chi connectivity index (χ3v) is 2.97. The van der Waals surface area contributed by atoms with Crippen molar-refractivity contribution in [1.29, 1.82) is 0 Å². The van der Waals surface area contributed by atoms with Gasteiger partial charge in [-0.15, -0.1) is 0 Å². The zero-order valence-corrected chi connectivity index (χ0v) is 8.90. The SMILES string of the molecule is COC(=O)C12CC=CCC1C(=O)NC(N)=N2. The quantitative estimate of drug-likeness (QED) is 0.454. The number of carbonyl (C=O) groups excluding carboxylic acids is 2. The third kappa shape index (κ3) is 1.37. The van der Waals surface area contributed by atoms with E-state index in [0.717, 1.165) is 0 Å². The molecule has 0 saturated carbocycles. The fourth-order valence-corrected chi connectivity index (χ4v) is 2.18. The number of nitrogens with zero attached hydrogens (tertiary/aromatic N) is 1. The number of ether oxygens (including phenoxy) is 1. The minimum atomic E-state index is -1.17. The van der Waals surface area contributed by atoms with Crippen molar-refractivity contribution in [2.75, 3.05) is 7.11 Å². The van der Waals surface area contributed by atoms with Gasteiger partial charge in [-0.25, -0.2) is 9.79 Å². The first-order valence-electron chi connectivity index (χ1n) is 5.00. The molecule has 0 radical (unpaired) electrons. The van der Waals surface area contributed by atoms with Crippen LogP contribution in [0.15, 0.2) is 17.1 Å². The minimum Gasteiger partial charge on any atom is -0.467 e. The van der Waals surface area contributed by atoms with Crippen LogP contribution in [-0.2, 0) is 14.3 Å². The van der Waals surface area contributed by atoms with Gasteiger partial charge in [0, 0.05) is 6.42 Å². The van der Waals surface area contributed by atoms with Crippen LogP contribution >= 0.6 is 0 Å². The van der Waals surface area contributed by atoms with Crippen molar-refractivity contribution < 1.29 is 14.3 Å². The van der Waals surface area contributed by atoms with Crippen molar-refractivity contribution in [3.05, 3.63) is 12.2 Å². The van der Waals surface area contributed by atoms with Gasteiger partial charge in [0.25, 0.3) is 0 Å². The molecule has 1 heterocycles. The Kier molecular flexibility index (Phi) is 2.41. The maximum absolute atomic E-state index is 11.8. The molecule has 6 nitrogen and oxygen atoms in total. The van der Waals surface area contributed by atoms with E-state index in [-0.39, 0.29) is 11.9 Å². The largest absolute Gasteiger partial charge is 0.467 e. The molecule has 1 amide bonds. The minimum absolute atomic E-state index is 0.0260. The highest BCUT2D eigenvalue weighted by Gasteiger charge is 2.52. The van der Waals surface area contributed by atoms with Crippen LogP contribution < -0.4 is 11.1 Å². The Morgan fingerprint density at radius 2 is 2.44 bits per heavy atom. The van der Waals surface area contributed by atoms with Gasteiger partial charge in [-0.3, -0.25) is 10.1 Å². The zero-order valence-electron chi connectivity index (χ0n) is 8.90. The van der Waals surface area contributed by atoms with Crippen LogP contribution in [0.5, 0.6) is 0 Å². The second-order valence-corrected chi connectivity index (χ2v) is 3.87. The predicted octanol–water partition coefficient (Wildman–Crippen LogP) is -0.691. The van der Waals surface area contributed by atoms with Gasteiger partial charge in [0.2, 0.25) is 5.91 Å². The number of carbonyl (C=O) groups is 2. The number of esters is 1. The lowest BCUT2D eigenvalue weighted by atomic mass is 9.75. The van der Waals surface area contributed by atoms with Gasteiger partial charge in [-0.1, -0.05) is 12.2 Å². The molecule has 0 aromatic carbocycles. The molecule has 0 fully saturated rings. The van der Waals surface area contributed by atoms with Gasteiger partial charge < -0.3 is 10.5 Å². The van der Waals surface area contributed by atoms with Gasteiger partial charge in [0.05, 0.1) is 13.0 Å². The lowest BCUT2D eigenvalue weighted by molar-refractivity contribution is -0.152. The Balaban J connectivity index is 2.49. The Bertz CT molecular complexity index is 402. The summed E-state index contributed by atoms with van der Waals surface area (Å²) in [6.07, 6.45) is 4.50. The van der Waals surface area contributed by atoms with Gasteiger partial charge >= 0.3 is 5.97 Å². The number of amides is 1. The molecule has 0 aromatic heterocycles. The Labute approximate surface area is 92.5 Å². The van der Waals surface area contributed by atoms with E-state index in [9.17, 15) is 9.59 Å². The Morgan fingerprint density at radius 3 is 3.12 bits per heavy atom. The summed E-state index contributed by atoms with van der Waals surface area (Å²) in [5.74, 6) is -1.35. The summed E-state index contributed by atoms with van der Waals surface area (Å²) in [5.41, 5.74) is 4.33. The van der Waals surface area contributed by atoms with Crippen molar-refractivity contribution >= 4 is 17.8 Å². The molecule has 1 aliphatic carbocycles. The molecule has 0 spiro atoms. The van der Waals surface area contributed by atoms with E-state index in [4.69, 9.17) is 10.5 Å². The molecule has 3 N–H and O–H groups in total. The first-order valence-corrected chi connectivity index (χ1v) is 5.00. The summed E-state index contributed by atoms with van der Waals surface area (Å²) < 4.78 is 4.73. The first-order chi connectivity index (χ1) is 7.60. The summed E-state index contributed by atoms with van der Waals surface area (Å²) >= 11 is 0. The van der Waals surface area contributed by atoms with E-state index < -0.39 is 17.4 Å². The van der Waals surface area contributed by atoms with E-state index in [1.165, 1.54) is 7.11 Å². The van der Waals surface area contributed by atoms with E-state index in [1.807, 2.05) is 12.2 Å². The van der Waals surface area contributed by atoms with Crippen LogP contribution in [0.25, 0.3) is 0 Å². The number of hydrogen-bond donors (Lipinski definition) is 2. The molecule has 2 atom stereocenters. The van der Waals surface area contributed by atoms with Crippen molar-refractivity contribution in [2.45, 2.75) is 18.4 Å². The summed E-state index contributed by atoms with van der Waals surface area (Å²) in [4.78, 5) is 27.7. The molecule has 16 heavy (non-hydrogen) atoms. The fourth-order valence-electron chi connectivity index (χ4n) is 2.18. The average Bonchev–Trinajstić information content (AvgIpc) is 2.27. The van der Waals surface area contributed by atoms with Gasteiger partial charge in [-0.05, 0) is 6.42 Å². The smallest absolute Gasteiger partial charge is 0.335 e. The number of nitrogens with two attached hydrogens (primary N) is 1. The second-order valence-electron chi connectivity index (χ2n) is 3.87. The molecule has 1 aliphatic heterocycles. The molecule has 6 heteroatoms. The van der Waals surface area contributed by atoms with Crippen LogP contribution in [-0.4, -0.2) is 30.5 Å². The zero-order chi connectivity index (χ0) is 11.8. The standard InChI is InChI=1S/C10H13N3O3/c1-16-8(15)10-5-3-2-4-6(10)7(14)12-9(11)13-10/h2-3,6H,4-5H2,1H3,(H3,11,12,13,14). The average molecular weight is 223 g/mol. The van der Waals surface area contributed by atoms with Crippen LogP contribution in [0, 0.1) is 5.92 Å². The van der Waals surface area contributed by atoms with Crippen LogP contribution in [0.2, 0.25) is 0 Å². The second kappa shape index (κ2) is 3.62. The Morgan fingerprint density at radius 1 is 1.69 bits per heavy atom. The number of methoxy groups -OCH3 is 1. The third-order valence-electron chi connectivity index (χ3n) is 2.97. The van der Waals surface area contributed by atoms with Crippen molar-refractivity contribution in [3.63, 3.8) is 0 Å². The molecule has 2 aliphatic rings. The summed E-state index contributed by atoms with van der Waals surface area (Å²) in [6, 6.07) is 0. The lowest BCUT2D eigenvalue weighted by Gasteiger charge is -2.38. The number of hydrogen-bond acceptors (Lipinski definition) is 5. The maximum Gasteiger partial charge on any atom is 0.335 e. The number of nitrogens with one attached hydrogen (secondary N) is 1. The van der Waals surface area contributed by atoms with Crippen LogP contribution in [0.4, 0.5) is 0 Å². The van der Waals surface area contributed by atoms with E-state index in [2.05, 4.69) is 10.3 Å². The van der Waals surface area contributed by atoms with E-state index in [0.29, 0.717) is 12.8 Å². The highest BCUT2D eigenvalue weighted by molar-refractivity contribution is 6.05. The molecular weight excluding hydrogens is 210 g/mol. The summed E-state index contributed by atoms with van der Waals surface area (Å²) in [5, 5.41) is 2.43. The number of fused-ring (bicyclic) bond motifs is 1. The maximum atomic E-state index is 11.8. The number of allylic oxidation sites excluding steroid dienone is 1. The Hall–Kier alpha value is -1.85. The normalized spacial score (nSPS) is 32.4. The highest BCUT2D eigenvalue weighted by Crippen LogP contribution is 2.36. The number of aliphatic imine (C=N–C) groups is 1. The lowest BCUT2D eigenvalue weighted by Crippen LogP contribution is -2.59. The van der Waals surface area contributed by atoms with Crippen molar-refractivity contribution in [3.8, 4) is 0 Å². The molecule has 0 bridgehead atoms. The molecule has 2 unspecified atom stereocenters. The molecule has 0 aromatic rings. The predicted molar refractivity (Wildman–Crippen MR) is 56.4 cm³/mol. The van der Waals surface area contributed by atoms with E-state index in [1.54, 1.807) is 0 Å². The topological polar surface area (TPSA) is 93.8 Å². The van der Waals surface area contributed by atoms with Crippen molar-refractivity contribution in [1.82, 2.24) is 5.32 Å². The summed E-state index contributed by atoms with van der Waals surface area (Å²) in [7, 11) is 1.28. The van der Waals surface area contributed by atoms with Gasteiger partial charge in [-0.2, -0.15) is 0 Å². The number of guanidine groups is 1. The molecule has 2 rings (SSSR count). The first kappa shape index (κ1) is 10.7. The molecule has 86 valence electrons.